The molecule has 0 spiro atoms. The molecule has 0 amide bonds. The van der Waals surface area contributed by atoms with Crippen LogP contribution in [-0.4, -0.2) is 16.5 Å². The zero-order chi connectivity index (χ0) is 11.9. The van der Waals surface area contributed by atoms with Crippen molar-refractivity contribution >= 4 is 16.5 Å². The molecule has 0 aliphatic carbocycles. The molecule has 0 rings (SSSR count). The number of unbranched alkanes of at least 4 members (excludes halogenated alkanes) is 2. The predicted octanol–water partition coefficient (Wildman–Crippen LogP) is 2.37. The van der Waals surface area contributed by atoms with E-state index in [0.29, 0.717) is 0 Å². The van der Waals surface area contributed by atoms with E-state index in [-0.39, 0.29) is 18.9 Å². The molecule has 16 heavy (non-hydrogen) atoms. The van der Waals surface area contributed by atoms with Crippen molar-refractivity contribution in [1.82, 2.24) is 0 Å². The van der Waals surface area contributed by atoms with Crippen molar-refractivity contribution < 1.29 is 18.9 Å². The third kappa shape index (κ3) is 10.2. The summed E-state index contributed by atoms with van der Waals surface area (Å²) in [5, 5.41) is 0. The first kappa shape index (κ1) is 19.3. The molecule has 0 fully saturated rings. The van der Waals surface area contributed by atoms with E-state index >= 15 is 0 Å². The average Bonchev–Trinajstić information content (AvgIpc) is 2.10. The molecule has 0 atom stereocenters. The fraction of sp³-hybridized carbons (Fsp3) is 1.00. The topological polar surface area (TPSA) is 14.1 Å². The Hall–Kier alpha value is 0.991. The van der Waals surface area contributed by atoms with E-state index in [1.54, 1.807) is 0 Å². The van der Waals surface area contributed by atoms with E-state index < -0.39 is 16.5 Å². The summed E-state index contributed by atoms with van der Waals surface area (Å²) in [5.74, 6) is 0. The van der Waals surface area contributed by atoms with Crippen LogP contribution in [0, 0.1) is 0 Å². The van der Waals surface area contributed by atoms with E-state index in [4.69, 9.17) is 4.65 Å². The van der Waals surface area contributed by atoms with Gasteiger partial charge in [0.25, 0.3) is 0 Å². The van der Waals surface area contributed by atoms with Gasteiger partial charge in [-0.15, -0.1) is 0 Å². The normalized spacial score (nSPS) is 12.4. The summed E-state index contributed by atoms with van der Waals surface area (Å²) in [6, 6.07) is 2.79. The van der Waals surface area contributed by atoms with Crippen LogP contribution in [-0.2, 0) is 0 Å². The van der Waals surface area contributed by atoms with Crippen LogP contribution < -0.4 is 18.9 Å². The van der Waals surface area contributed by atoms with Crippen LogP contribution in [0.3, 0.4) is 0 Å². The molecule has 92 valence electrons. The third-order valence-electron chi connectivity index (χ3n) is 2.89. The predicted molar refractivity (Wildman–Crippen MR) is 77.8 cm³/mol. The van der Waals surface area contributed by atoms with Crippen LogP contribution in [0.5, 0.6) is 0 Å². The Morgan fingerprint density at radius 1 is 0.750 bits per heavy atom. The van der Waals surface area contributed by atoms with Crippen LogP contribution in [0.15, 0.2) is 0 Å². The van der Waals surface area contributed by atoms with Crippen LogP contribution in [0.4, 0.5) is 0 Å². The van der Waals surface area contributed by atoms with Crippen LogP contribution in [0.1, 0.15) is 39.5 Å². The van der Waals surface area contributed by atoms with Crippen molar-refractivity contribution in [3.8, 4) is 0 Å². The Morgan fingerprint density at radius 3 is 1.31 bits per heavy atom. The van der Waals surface area contributed by atoms with Gasteiger partial charge in [0.2, 0.25) is 0 Å². The molecule has 0 unspecified atom stereocenters. The first-order valence-electron chi connectivity index (χ1n) is 6.57. The standard InChI is InChI=1S/C12H30NSi2.Li/c1-7-9-11-14(3,4)13-15(5,6)12-10-8-2;/h7-12H2,1-6H3;/q-1;+1. The van der Waals surface area contributed by atoms with Gasteiger partial charge in [-0.2, -0.15) is 0 Å². The fourth-order valence-corrected chi connectivity index (χ4v) is 12.0. The summed E-state index contributed by atoms with van der Waals surface area (Å²) in [7, 11) is -2.45. The Balaban J connectivity index is 0. The first-order valence-corrected chi connectivity index (χ1v) is 12.9. The van der Waals surface area contributed by atoms with Gasteiger partial charge in [-0.3, -0.25) is 0 Å². The summed E-state index contributed by atoms with van der Waals surface area (Å²) in [4.78, 5) is 0. The molecule has 0 aliphatic rings. The van der Waals surface area contributed by atoms with E-state index in [0.717, 1.165) is 0 Å². The van der Waals surface area contributed by atoms with Crippen molar-refractivity contribution in [3.05, 3.63) is 4.65 Å². The maximum atomic E-state index is 5.29. The van der Waals surface area contributed by atoms with E-state index in [1.807, 2.05) is 0 Å². The smallest absolute Gasteiger partial charge is 0.667 e. The Labute approximate surface area is 118 Å². The molecule has 0 aromatic carbocycles. The molecule has 0 aromatic heterocycles. The summed E-state index contributed by atoms with van der Waals surface area (Å²) >= 11 is 0. The second-order valence-corrected chi connectivity index (χ2v) is 15.1. The van der Waals surface area contributed by atoms with Crippen molar-refractivity contribution in [3.63, 3.8) is 0 Å². The molecule has 1 nitrogen and oxygen atoms in total. The van der Waals surface area contributed by atoms with Crippen LogP contribution in [0.25, 0.3) is 4.65 Å². The van der Waals surface area contributed by atoms with Crippen molar-refractivity contribution in [1.29, 1.82) is 0 Å². The minimum Gasteiger partial charge on any atom is -0.667 e. The quantitative estimate of drug-likeness (QED) is 0.588. The number of rotatable bonds is 8. The van der Waals surface area contributed by atoms with Gasteiger partial charge in [0.15, 0.2) is 0 Å². The fourth-order valence-electron chi connectivity index (χ4n) is 2.15. The molecular formula is C12H30LiNSi2. The van der Waals surface area contributed by atoms with Crippen LogP contribution >= 0.6 is 0 Å². The molecule has 0 N–H and O–H groups in total. The first-order chi connectivity index (χ1) is 6.83. The SMILES string of the molecule is CCCC[Si](C)(C)[N-][Si](C)(C)CCCC.[Li+]. The third-order valence-corrected chi connectivity index (χ3v) is 10.9. The maximum Gasteiger partial charge on any atom is 1.00 e. The molecule has 0 radical (unpaired) electrons. The van der Waals surface area contributed by atoms with Gasteiger partial charge in [0.05, 0.1) is 0 Å². The van der Waals surface area contributed by atoms with E-state index in [1.165, 1.54) is 37.8 Å². The number of nitrogens with zero attached hydrogens (tertiary/aromatic N) is 1. The van der Waals surface area contributed by atoms with Gasteiger partial charge in [0, 0.05) is 0 Å². The average molecular weight is 251 g/mol. The molecule has 0 saturated carbocycles. The van der Waals surface area contributed by atoms with Crippen molar-refractivity contribution in [2.45, 2.75) is 77.8 Å². The second kappa shape index (κ2) is 8.99. The monoisotopic (exact) mass is 251 g/mol. The molecular weight excluding hydrogens is 221 g/mol. The summed E-state index contributed by atoms with van der Waals surface area (Å²) < 4.78 is 5.29. The van der Waals surface area contributed by atoms with Gasteiger partial charge in [-0.25, -0.2) is 0 Å². The van der Waals surface area contributed by atoms with Gasteiger partial charge >= 0.3 is 18.9 Å². The Morgan fingerprint density at radius 2 is 1.06 bits per heavy atom. The molecule has 4 heteroatoms. The molecule has 0 aliphatic heterocycles. The van der Waals surface area contributed by atoms with Gasteiger partial charge < -0.3 is 4.65 Å². The van der Waals surface area contributed by atoms with E-state index in [2.05, 4.69) is 40.0 Å². The molecule has 0 aromatic rings. The summed E-state index contributed by atoms with van der Waals surface area (Å²) in [6.07, 6.45) is 5.40. The molecule has 0 bridgehead atoms. The zero-order valence-corrected chi connectivity index (χ0v) is 14.7. The summed E-state index contributed by atoms with van der Waals surface area (Å²) in [6.45, 7) is 14.4. The van der Waals surface area contributed by atoms with Crippen molar-refractivity contribution in [2.24, 2.45) is 0 Å². The summed E-state index contributed by atoms with van der Waals surface area (Å²) in [5.41, 5.74) is 0. The van der Waals surface area contributed by atoms with E-state index in [9.17, 15) is 0 Å². The van der Waals surface area contributed by atoms with Gasteiger partial charge in [-0.1, -0.05) is 94.3 Å². The zero-order valence-electron chi connectivity index (χ0n) is 12.7. The van der Waals surface area contributed by atoms with Crippen LogP contribution in [0.2, 0.25) is 38.3 Å². The number of hydrogen-bond donors (Lipinski definition) is 0. The Bertz CT molecular complexity index is 154. The number of hydrogen-bond acceptors (Lipinski definition) is 0. The second-order valence-electron chi connectivity index (χ2n) is 5.94. The largest absolute Gasteiger partial charge is 1.00 e. The minimum absolute atomic E-state index is 0. The minimum atomic E-state index is -1.22. The van der Waals surface area contributed by atoms with Gasteiger partial charge in [-0.05, 0) is 0 Å². The maximum absolute atomic E-state index is 5.29. The van der Waals surface area contributed by atoms with Gasteiger partial charge in [0.1, 0.15) is 0 Å². The molecule has 0 heterocycles. The molecule has 0 saturated heterocycles. The van der Waals surface area contributed by atoms with Crippen molar-refractivity contribution in [2.75, 3.05) is 0 Å². The Kier molecular flexibility index (Phi) is 10.9.